The summed E-state index contributed by atoms with van der Waals surface area (Å²) in [6, 6.07) is 0. The fourth-order valence-corrected chi connectivity index (χ4v) is 5.83. The Morgan fingerprint density at radius 1 is 0.216 bits per heavy atom. The van der Waals surface area contributed by atoms with Crippen LogP contribution in [0, 0.1) is 0 Å². The van der Waals surface area contributed by atoms with E-state index in [0.717, 1.165) is 12.8 Å². The zero-order valence-electron chi connectivity index (χ0n) is 26.2. The highest BCUT2D eigenvalue weighted by molar-refractivity contribution is 4.53. The van der Waals surface area contributed by atoms with Crippen LogP contribution >= 0.6 is 0 Å². The van der Waals surface area contributed by atoms with E-state index in [2.05, 4.69) is 6.92 Å². The van der Waals surface area contributed by atoms with E-state index >= 15 is 0 Å². The van der Waals surface area contributed by atoms with E-state index in [1.165, 1.54) is 205 Å². The van der Waals surface area contributed by atoms with Gasteiger partial charge in [-0.15, -0.1) is 0 Å². The number of unbranched alkanes of at least 4 members (excludes halogenated alkanes) is 33. The van der Waals surface area contributed by atoms with E-state index in [0.29, 0.717) is 0 Å². The summed E-state index contributed by atoms with van der Waals surface area (Å²) in [5.41, 5.74) is 0. The second kappa shape index (κ2) is 36.0. The van der Waals surface area contributed by atoms with Crippen LogP contribution in [0.4, 0.5) is 0 Å². The molecule has 0 saturated heterocycles. The summed E-state index contributed by atoms with van der Waals surface area (Å²) in [5, 5.41) is 10.4. The fraction of sp³-hybridized carbons (Fsp3) is 1.00. The van der Waals surface area contributed by atoms with Crippen molar-refractivity contribution in [2.24, 2.45) is 0 Å². The standard InChI is InChI=1S/C36H73O/c1-2-3-4-5-6-7-8-9-10-11-12-13-14-15-16-17-18-19-20-21-22-23-24-25-26-27-28-29-30-31-32-33-34-35-36-37/h2-36H2,1H3. The van der Waals surface area contributed by atoms with Gasteiger partial charge in [-0.05, 0) is 6.42 Å². The van der Waals surface area contributed by atoms with E-state index in [1.54, 1.807) is 0 Å². The molecule has 0 aromatic carbocycles. The van der Waals surface area contributed by atoms with Gasteiger partial charge < -0.3 is 0 Å². The number of rotatable bonds is 34. The second-order valence-electron chi connectivity index (χ2n) is 12.4. The van der Waals surface area contributed by atoms with Gasteiger partial charge in [0.2, 0.25) is 0 Å². The van der Waals surface area contributed by atoms with Crippen LogP contribution in [0.3, 0.4) is 0 Å². The highest BCUT2D eigenvalue weighted by Gasteiger charge is 1.97. The number of hydrogen-bond acceptors (Lipinski definition) is 0. The van der Waals surface area contributed by atoms with Crippen LogP contribution in [0.5, 0.6) is 0 Å². The first-order valence-electron chi connectivity index (χ1n) is 18.0. The Morgan fingerprint density at radius 2 is 0.351 bits per heavy atom. The Hall–Kier alpha value is -0.0400. The van der Waals surface area contributed by atoms with Crippen molar-refractivity contribution in [1.82, 2.24) is 0 Å². The van der Waals surface area contributed by atoms with Crippen LogP contribution in [0.25, 0.3) is 0 Å². The largest absolute Gasteiger partial charge is 0.237 e. The van der Waals surface area contributed by atoms with E-state index in [9.17, 15) is 5.11 Å². The van der Waals surface area contributed by atoms with Gasteiger partial charge >= 0.3 is 0 Å². The lowest BCUT2D eigenvalue weighted by Crippen LogP contribution is -1.85. The lowest BCUT2D eigenvalue weighted by atomic mass is 10.0. The van der Waals surface area contributed by atoms with Crippen molar-refractivity contribution in [3.63, 3.8) is 0 Å². The summed E-state index contributed by atoms with van der Waals surface area (Å²) in [7, 11) is 0. The summed E-state index contributed by atoms with van der Waals surface area (Å²) in [6.07, 6.45) is 48.7. The highest BCUT2D eigenvalue weighted by atomic mass is 16.2. The molecule has 0 rings (SSSR count). The Kier molecular flexibility index (Phi) is 35.9. The minimum atomic E-state index is 0.125. The third-order valence-electron chi connectivity index (χ3n) is 8.50. The molecule has 0 aliphatic rings. The third kappa shape index (κ3) is 36.0. The molecule has 1 radical (unpaired) electrons. The monoisotopic (exact) mass is 522 g/mol. The quantitative estimate of drug-likeness (QED) is 0.0750. The van der Waals surface area contributed by atoms with Gasteiger partial charge in [-0.25, -0.2) is 5.11 Å². The predicted octanol–water partition coefficient (Wildman–Crippen LogP) is 13.7. The minimum Gasteiger partial charge on any atom is -0.237 e. The zero-order chi connectivity index (χ0) is 26.7. The van der Waals surface area contributed by atoms with Crippen LogP contribution < -0.4 is 0 Å². The molecule has 0 aliphatic heterocycles. The van der Waals surface area contributed by atoms with Crippen LogP contribution in [0.15, 0.2) is 0 Å². The Labute approximate surface area is 236 Å². The first-order chi connectivity index (χ1) is 18.4. The SMILES string of the molecule is CCCCCCCCCCCCCCCCCCCCCCCCCCCCCCCCCCCC[O]. The molecule has 0 atom stereocenters. The van der Waals surface area contributed by atoms with Crippen molar-refractivity contribution in [2.75, 3.05) is 6.61 Å². The molecule has 0 spiro atoms. The lowest BCUT2D eigenvalue weighted by Gasteiger charge is -2.05. The molecule has 1 heteroatoms. The molecule has 1 nitrogen and oxygen atoms in total. The average Bonchev–Trinajstić information content (AvgIpc) is 2.91. The van der Waals surface area contributed by atoms with Crippen LogP contribution in [0.1, 0.15) is 225 Å². The van der Waals surface area contributed by atoms with Crippen LogP contribution in [-0.4, -0.2) is 6.61 Å². The molecular formula is C36H73O. The van der Waals surface area contributed by atoms with Crippen molar-refractivity contribution in [3.05, 3.63) is 0 Å². The van der Waals surface area contributed by atoms with Crippen molar-refractivity contribution in [2.45, 2.75) is 225 Å². The maximum atomic E-state index is 10.4. The fourth-order valence-electron chi connectivity index (χ4n) is 5.83. The van der Waals surface area contributed by atoms with Gasteiger partial charge in [0.15, 0.2) is 0 Å². The first kappa shape index (κ1) is 37.0. The second-order valence-corrected chi connectivity index (χ2v) is 12.4. The molecule has 0 amide bonds. The Morgan fingerprint density at radius 3 is 0.486 bits per heavy atom. The van der Waals surface area contributed by atoms with Crippen molar-refractivity contribution < 1.29 is 5.11 Å². The molecule has 0 heterocycles. The molecule has 0 N–H and O–H groups in total. The van der Waals surface area contributed by atoms with Gasteiger partial charge in [-0.1, -0.05) is 219 Å². The summed E-state index contributed by atoms with van der Waals surface area (Å²) in [4.78, 5) is 0. The smallest absolute Gasteiger partial charge is 0.0822 e. The van der Waals surface area contributed by atoms with Gasteiger partial charge in [-0.3, -0.25) is 0 Å². The summed E-state index contributed by atoms with van der Waals surface area (Å²) < 4.78 is 0. The molecule has 0 fully saturated rings. The van der Waals surface area contributed by atoms with Crippen molar-refractivity contribution in [3.8, 4) is 0 Å². The molecule has 0 saturated carbocycles. The average molecular weight is 522 g/mol. The summed E-state index contributed by atoms with van der Waals surface area (Å²) >= 11 is 0. The summed E-state index contributed by atoms with van der Waals surface area (Å²) in [5.74, 6) is 0. The van der Waals surface area contributed by atoms with Gasteiger partial charge in [0.25, 0.3) is 0 Å². The van der Waals surface area contributed by atoms with Crippen molar-refractivity contribution in [1.29, 1.82) is 0 Å². The molecule has 0 aromatic heterocycles. The normalized spacial score (nSPS) is 11.5. The van der Waals surface area contributed by atoms with Crippen LogP contribution in [-0.2, 0) is 5.11 Å². The molecule has 0 unspecified atom stereocenters. The maximum absolute atomic E-state index is 10.4. The van der Waals surface area contributed by atoms with Crippen molar-refractivity contribution >= 4 is 0 Å². The molecular weight excluding hydrogens is 448 g/mol. The van der Waals surface area contributed by atoms with E-state index in [4.69, 9.17) is 0 Å². The first-order valence-corrected chi connectivity index (χ1v) is 18.0. The van der Waals surface area contributed by atoms with E-state index in [1.807, 2.05) is 0 Å². The molecule has 0 bridgehead atoms. The van der Waals surface area contributed by atoms with E-state index < -0.39 is 0 Å². The minimum absolute atomic E-state index is 0.125. The van der Waals surface area contributed by atoms with Gasteiger partial charge in [0.1, 0.15) is 0 Å². The molecule has 0 aromatic rings. The zero-order valence-corrected chi connectivity index (χ0v) is 26.2. The summed E-state index contributed by atoms with van der Waals surface area (Å²) in [6.45, 7) is 2.43. The Bertz CT molecular complexity index is 332. The molecule has 0 aliphatic carbocycles. The maximum Gasteiger partial charge on any atom is 0.0822 e. The topological polar surface area (TPSA) is 19.9 Å². The van der Waals surface area contributed by atoms with Crippen LogP contribution in [0.2, 0.25) is 0 Å². The molecule has 37 heavy (non-hydrogen) atoms. The van der Waals surface area contributed by atoms with Gasteiger partial charge in [0.05, 0.1) is 6.61 Å². The highest BCUT2D eigenvalue weighted by Crippen LogP contribution is 2.17. The van der Waals surface area contributed by atoms with Gasteiger partial charge in [0, 0.05) is 0 Å². The van der Waals surface area contributed by atoms with Gasteiger partial charge in [-0.2, -0.15) is 0 Å². The van der Waals surface area contributed by atoms with E-state index in [-0.39, 0.29) is 6.61 Å². The molecule has 223 valence electrons. The predicted molar refractivity (Wildman–Crippen MR) is 168 cm³/mol. The lowest BCUT2D eigenvalue weighted by molar-refractivity contribution is 0.186. The number of hydrogen-bond donors (Lipinski definition) is 0. The third-order valence-corrected chi connectivity index (χ3v) is 8.50. The Balaban J connectivity index is 3.00.